The standard InChI is InChI=1S/C35H38N6O5.ClH/c1-23-9-10-29-27(19-23)33(42)41(35(43)38(29)2)25-11-13-39(14-12-25)32-26-20-30(44-3)31(46-22-24-7-5-4-6-8-24)21-28(26)36-34(37-32)40-15-17-45-18-16-40;/h4-10,19-21,25H,11-18,22H2,1-3H3;1H. The number of hydrogen-bond donors (Lipinski definition) is 0. The van der Waals surface area contributed by atoms with Crippen molar-refractivity contribution in [1.29, 1.82) is 0 Å². The van der Waals surface area contributed by atoms with Gasteiger partial charge < -0.3 is 24.0 Å². The van der Waals surface area contributed by atoms with E-state index in [4.69, 9.17) is 24.2 Å². The number of ether oxygens (including phenoxy) is 3. The molecule has 0 N–H and O–H groups in total. The van der Waals surface area contributed by atoms with E-state index in [2.05, 4.69) is 9.80 Å². The van der Waals surface area contributed by atoms with Gasteiger partial charge in [0.05, 0.1) is 36.7 Å². The molecule has 11 nitrogen and oxygen atoms in total. The lowest BCUT2D eigenvalue weighted by Crippen LogP contribution is -2.45. The fraction of sp³-hybridized carbons (Fsp3) is 0.371. The molecular formula is C35H39ClN6O5. The summed E-state index contributed by atoms with van der Waals surface area (Å²) in [5.41, 5.74) is 2.94. The molecule has 0 radical (unpaired) electrons. The average molecular weight is 659 g/mol. The summed E-state index contributed by atoms with van der Waals surface area (Å²) in [5.74, 6) is 2.65. The summed E-state index contributed by atoms with van der Waals surface area (Å²) in [5, 5.41) is 1.42. The lowest BCUT2D eigenvalue weighted by Gasteiger charge is -2.35. The molecule has 246 valence electrons. The Bertz CT molecular complexity index is 2020. The SMILES string of the molecule is COc1cc2c(N3CCC(n4c(=O)c5cc(C)ccc5n(C)c4=O)CC3)nc(N3CCOCC3)nc2cc1OCc1ccccc1.Cl. The third-order valence-corrected chi connectivity index (χ3v) is 9.07. The van der Waals surface area contributed by atoms with Crippen LogP contribution >= 0.6 is 12.4 Å². The first-order valence-corrected chi connectivity index (χ1v) is 15.8. The van der Waals surface area contributed by atoms with Crippen LogP contribution in [0.2, 0.25) is 0 Å². The van der Waals surface area contributed by atoms with Gasteiger partial charge in [-0.3, -0.25) is 13.9 Å². The van der Waals surface area contributed by atoms with Crippen LogP contribution in [0, 0.1) is 6.92 Å². The highest BCUT2D eigenvalue weighted by atomic mass is 35.5. The van der Waals surface area contributed by atoms with Crippen LogP contribution in [0.1, 0.15) is 30.0 Å². The molecule has 7 rings (SSSR count). The van der Waals surface area contributed by atoms with Gasteiger partial charge in [-0.2, -0.15) is 4.98 Å². The summed E-state index contributed by atoms with van der Waals surface area (Å²) in [6.07, 6.45) is 1.25. The normalized spacial score (nSPS) is 15.6. The van der Waals surface area contributed by atoms with Crippen molar-refractivity contribution in [1.82, 2.24) is 19.1 Å². The molecule has 12 heteroatoms. The van der Waals surface area contributed by atoms with Crippen molar-refractivity contribution in [2.45, 2.75) is 32.4 Å². The summed E-state index contributed by atoms with van der Waals surface area (Å²) in [6.45, 7) is 6.23. The highest BCUT2D eigenvalue weighted by Crippen LogP contribution is 2.38. The van der Waals surface area contributed by atoms with E-state index in [9.17, 15) is 9.59 Å². The average Bonchev–Trinajstić information content (AvgIpc) is 3.10. The van der Waals surface area contributed by atoms with Crippen molar-refractivity contribution in [3.05, 3.63) is 92.6 Å². The van der Waals surface area contributed by atoms with Crippen LogP contribution in [0.15, 0.2) is 70.3 Å². The molecule has 4 heterocycles. The van der Waals surface area contributed by atoms with Gasteiger partial charge in [0.1, 0.15) is 12.4 Å². The van der Waals surface area contributed by atoms with Gasteiger partial charge in [0.25, 0.3) is 5.56 Å². The first-order valence-electron chi connectivity index (χ1n) is 15.8. The zero-order valence-electron chi connectivity index (χ0n) is 26.8. The van der Waals surface area contributed by atoms with Gasteiger partial charge in [0.2, 0.25) is 5.95 Å². The Kier molecular flexibility index (Phi) is 9.38. The molecule has 0 bridgehead atoms. The summed E-state index contributed by atoms with van der Waals surface area (Å²) in [7, 11) is 3.37. The first-order chi connectivity index (χ1) is 22.4. The number of aromatic nitrogens is 4. The second kappa shape index (κ2) is 13.6. The van der Waals surface area contributed by atoms with Gasteiger partial charge in [-0.25, -0.2) is 9.78 Å². The quantitative estimate of drug-likeness (QED) is 0.247. The van der Waals surface area contributed by atoms with Crippen LogP contribution in [0.3, 0.4) is 0 Å². The second-order valence-electron chi connectivity index (χ2n) is 12.0. The molecule has 0 aliphatic carbocycles. The summed E-state index contributed by atoms with van der Waals surface area (Å²) in [4.78, 5) is 41.5. The molecule has 47 heavy (non-hydrogen) atoms. The van der Waals surface area contributed by atoms with E-state index >= 15 is 0 Å². The van der Waals surface area contributed by atoms with Crippen molar-refractivity contribution >= 4 is 46.0 Å². The number of methoxy groups -OCH3 is 1. The van der Waals surface area contributed by atoms with Crippen molar-refractivity contribution < 1.29 is 14.2 Å². The van der Waals surface area contributed by atoms with Crippen LogP contribution in [-0.4, -0.2) is 65.6 Å². The molecule has 0 spiro atoms. The molecule has 0 saturated carbocycles. The van der Waals surface area contributed by atoms with Crippen molar-refractivity contribution in [3.8, 4) is 11.5 Å². The lowest BCUT2D eigenvalue weighted by atomic mass is 10.0. The van der Waals surface area contributed by atoms with E-state index in [-0.39, 0.29) is 29.7 Å². The zero-order valence-corrected chi connectivity index (χ0v) is 27.7. The minimum atomic E-state index is -0.283. The number of morpholine rings is 1. The minimum Gasteiger partial charge on any atom is -0.493 e. The number of piperidine rings is 1. The molecule has 0 unspecified atom stereocenters. The monoisotopic (exact) mass is 658 g/mol. The molecule has 2 saturated heterocycles. The fourth-order valence-corrected chi connectivity index (χ4v) is 6.51. The van der Waals surface area contributed by atoms with Crippen LogP contribution in [-0.2, 0) is 18.4 Å². The molecular weight excluding hydrogens is 620 g/mol. The third kappa shape index (κ3) is 6.25. The van der Waals surface area contributed by atoms with Crippen molar-refractivity contribution in [2.75, 3.05) is 56.3 Å². The van der Waals surface area contributed by atoms with Crippen molar-refractivity contribution in [2.24, 2.45) is 7.05 Å². The van der Waals surface area contributed by atoms with Gasteiger partial charge in [0.15, 0.2) is 11.5 Å². The number of aryl methyl sites for hydroxylation is 2. The summed E-state index contributed by atoms with van der Waals surface area (Å²) in [6, 6.07) is 19.3. The van der Waals surface area contributed by atoms with E-state index in [1.807, 2.05) is 67.6 Å². The van der Waals surface area contributed by atoms with E-state index in [0.717, 1.165) is 27.8 Å². The molecule has 2 aliphatic heterocycles. The van der Waals surface area contributed by atoms with Crippen LogP contribution in [0.25, 0.3) is 21.8 Å². The predicted octanol–water partition coefficient (Wildman–Crippen LogP) is 4.64. The van der Waals surface area contributed by atoms with E-state index < -0.39 is 0 Å². The maximum atomic E-state index is 13.6. The summed E-state index contributed by atoms with van der Waals surface area (Å²) < 4.78 is 20.6. The number of halogens is 1. The van der Waals surface area contributed by atoms with E-state index in [1.54, 1.807) is 18.7 Å². The van der Waals surface area contributed by atoms with Crippen molar-refractivity contribution in [3.63, 3.8) is 0 Å². The number of rotatable bonds is 7. The van der Waals surface area contributed by atoms with Gasteiger partial charge in [-0.05, 0) is 43.5 Å². The van der Waals surface area contributed by atoms with Crippen LogP contribution < -0.4 is 30.5 Å². The topological polar surface area (TPSA) is 104 Å². The Labute approximate surface area is 278 Å². The van der Waals surface area contributed by atoms with Gasteiger partial charge in [0, 0.05) is 50.7 Å². The molecule has 2 aliphatic rings. The maximum Gasteiger partial charge on any atom is 0.331 e. The van der Waals surface area contributed by atoms with E-state index in [0.29, 0.717) is 87.2 Å². The summed E-state index contributed by atoms with van der Waals surface area (Å²) >= 11 is 0. The molecule has 2 fully saturated rings. The van der Waals surface area contributed by atoms with E-state index in [1.165, 1.54) is 4.57 Å². The lowest BCUT2D eigenvalue weighted by molar-refractivity contribution is 0.122. The Hall–Kier alpha value is -4.61. The zero-order chi connectivity index (χ0) is 31.8. The van der Waals surface area contributed by atoms with Gasteiger partial charge >= 0.3 is 5.69 Å². The number of fused-ring (bicyclic) bond motifs is 2. The Morgan fingerprint density at radius 1 is 0.872 bits per heavy atom. The largest absolute Gasteiger partial charge is 0.493 e. The van der Waals surface area contributed by atoms with Crippen LogP contribution in [0.5, 0.6) is 11.5 Å². The predicted molar refractivity (Wildman–Crippen MR) is 186 cm³/mol. The maximum absolute atomic E-state index is 13.6. The first kappa shape index (κ1) is 32.3. The minimum absolute atomic E-state index is 0. The Morgan fingerprint density at radius 3 is 2.34 bits per heavy atom. The van der Waals surface area contributed by atoms with Gasteiger partial charge in [-0.1, -0.05) is 42.0 Å². The molecule has 0 atom stereocenters. The molecule has 2 aromatic heterocycles. The smallest absolute Gasteiger partial charge is 0.331 e. The molecule has 3 aromatic carbocycles. The number of nitrogens with zero attached hydrogens (tertiary/aromatic N) is 6. The second-order valence-corrected chi connectivity index (χ2v) is 12.0. The number of anilines is 2. The number of benzene rings is 3. The van der Waals surface area contributed by atoms with Gasteiger partial charge in [-0.15, -0.1) is 12.4 Å². The highest BCUT2D eigenvalue weighted by molar-refractivity contribution is 5.93. The Morgan fingerprint density at radius 2 is 1.62 bits per heavy atom. The third-order valence-electron chi connectivity index (χ3n) is 9.07. The number of hydrogen-bond acceptors (Lipinski definition) is 9. The fourth-order valence-electron chi connectivity index (χ4n) is 6.51. The molecule has 5 aromatic rings. The van der Waals surface area contributed by atoms with Crippen LogP contribution in [0.4, 0.5) is 11.8 Å². The molecule has 0 amide bonds. The highest BCUT2D eigenvalue weighted by Gasteiger charge is 2.28. The Balaban J connectivity index is 0.00000386.